The molecule has 2 aromatic heterocycles. The molecule has 4 bridgehead atoms. The van der Waals surface area contributed by atoms with Crippen molar-refractivity contribution in [3.63, 3.8) is 0 Å². The first-order chi connectivity index (χ1) is 21.4. The van der Waals surface area contributed by atoms with Crippen molar-refractivity contribution in [1.29, 1.82) is 0 Å². The van der Waals surface area contributed by atoms with Gasteiger partial charge in [-0.2, -0.15) is 23.1 Å². The molecule has 8 fully saturated rings. The molecule has 45 heavy (non-hydrogen) atoms. The van der Waals surface area contributed by atoms with Crippen LogP contribution < -0.4 is 4.90 Å². The lowest BCUT2D eigenvalue weighted by atomic mass is 9.41. The van der Waals surface area contributed by atoms with Crippen molar-refractivity contribution in [2.45, 2.75) is 118 Å². The van der Waals surface area contributed by atoms with Crippen LogP contribution in [0, 0.1) is 10.8 Å². The molecule has 8 nitrogen and oxygen atoms in total. The maximum atomic E-state index is 14.4. The Hall–Kier alpha value is -3.31. The molecular formula is C33H35F4N5O3. The fraction of sp³-hybridized carbons (Fsp3) is 0.667. The lowest BCUT2D eigenvalue weighted by Gasteiger charge is -2.66. The van der Waals surface area contributed by atoms with Crippen LogP contribution in [0.25, 0.3) is 11.5 Å². The van der Waals surface area contributed by atoms with Gasteiger partial charge in [-0.25, -0.2) is 4.39 Å². The van der Waals surface area contributed by atoms with E-state index in [0.29, 0.717) is 49.9 Å². The van der Waals surface area contributed by atoms with E-state index in [1.165, 1.54) is 0 Å². The molecule has 0 unspecified atom stereocenters. The maximum absolute atomic E-state index is 14.4. The first kappa shape index (κ1) is 28.0. The minimum absolute atomic E-state index is 0.000393. The van der Waals surface area contributed by atoms with Crippen LogP contribution in [-0.2, 0) is 15.6 Å². The maximum Gasteiger partial charge on any atom is 0.403 e. The molecule has 2 heterocycles. The van der Waals surface area contributed by atoms with Crippen LogP contribution in [0.5, 0.6) is 0 Å². The quantitative estimate of drug-likeness (QED) is 0.227. The van der Waals surface area contributed by atoms with Gasteiger partial charge < -0.3 is 13.9 Å². The fourth-order valence-corrected chi connectivity index (χ4v) is 9.00. The fourth-order valence-electron chi connectivity index (χ4n) is 9.00. The number of carbonyl (C=O) groups excluding carboxylic acids is 1. The normalized spacial score (nSPS) is 34.2. The first-order valence-corrected chi connectivity index (χ1v) is 16.3. The molecule has 0 aliphatic heterocycles. The zero-order valence-corrected chi connectivity index (χ0v) is 25.0. The lowest BCUT2D eigenvalue weighted by Crippen LogP contribution is -2.65. The molecule has 0 atom stereocenters. The minimum atomic E-state index is -4.40. The summed E-state index contributed by atoms with van der Waals surface area (Å²) in [7, 11) is 0. The van der Waals surface area contributed by atoms with Gasteiger partial charge in [0.2, 0.25) is 11.8 Å². The summed E-state index contributed by atoms with van der Waals surface area (Å²) in [5, 5.41) is 8.26. The summed E-state index contributed by atoms with van der Waals surface area (Å²) in [6.45, 7) is 0.522. The second-order valence-electron chi connectivity index (χ2n) is 15.4. The number of anilines is 1. The molecule has 12 heteroatoms. The molecule has 11 rings (SSSR count). The number of aromatic nitrogens is 4. The average molecular weight is 626 g/mol. The molecule has 8 aliphatic rings. The van der Waals surface area contributed by atoms with E-state index in [2.05, 4.69) is 20.3 Å². The molecule has 1 aromatic carbocycles. The van der Waals surface area contributed by atoms with E-state index in [-0.39, 0.29) is 35.5 Å². The Labute approximate surface area is 257 Å². The van der Waals surface area contributed by atoms with E-state index in [0.717, 1.165) is 68.4 Å². The van der Waals surface area contributed by atoms with Crippen molar-refractivity contribution in [3.05, 3.63) is 41.8 Å². The Morgan fingerprint density at radius 2 is 1.62 bits per heavy atom. The predicted octanol–water partition coefficient (Wildman–Crippen LogP) is 7.50. The van der Waals surface area contributed by atoms with Crippen molar-refractivity contribution < 1.29 is 31.4 Å². The van der Waals surface area contributed by atoms with Gasteiger partial charge in [-0.3, -0.25) is 4.79 Å². The molecule has 3 aromatic rings. The van der Waals surface area contributed by atoms with Crippen molar-refractivity contribution in [2.24, 2.45) is 10.8 Å². The van der Waals surface area contributed by atoms with Crippen LogP contribution in [0.3, 0.4) is 0 Å². The molecule has 0 saturated heterocycles. The average Bonchev–Trinajstić information content (AvgIpc) is 3.92. The van der Waals surface area contributed by atoms with Crippen molar-refractivity contribution in [2.75, 3.05) is 11.4 Å². The Kier molecular flexibility index (Phi) is 5.55. The Bertz CT molecular complexity index is 1640. The summed E-state index contributed by atoms with van der Waals surface area (Å²) in [5.74, 6) is 1.61. The number of nitrogens with zero attached hydrogens (tertiary/aromatic N) is 5. The lowest BCUT2D eigenvalue weighted by molar-refractivity contribution is -0.215. The second-order valence-corrected chi connectivity index (χ2v) is 15.4. The number of alkyl halides is 4. The van der Waals surface area contributed by atoms with Gasteiger partial charge in [0.05, 0.1) is 0 Å². The highest BCUT2D eigenvalue weighted by molar-refractivity contribution is 5.94. The van der Waals surface area contributed by atoms with Crippen molar-refractivity contribution in [1.82, 2.24) is 20.3 Å². The number of amides is 1. The van der Waals surface area contributed by atoms with E-state index >= 15 is 0 Å². The number of hydrogen-bond donors (Lipinski definition) is 0. The van der Waals surface area contributed by atoms with Crippen LogP contribution >= 0.6 is 0 Å². The number of fused-ring (bicyclic) bond motifs is 3. The van der Waals surface area contributed by atoms with Crippen molar-refractivity contribution in [3.8, 4) is 11.5 Å². The highest BCUT2D eigenvalue weighted by Gasteiger charge is 2.70. The standard InChI is InChI=1S/C33H35F4N5O3/c34-31-16-29(17-31,18-31)15-23(43)42(22-3-1-2-21(14-22)25-38-24(40-44-25)20-4-5-20)19-28-6-9-30(10-7-28,11-8-28)26-39-27(45-41-26)32(12-13-32)33(35,36)37/h1-3,14,20H,4-13,15-19H2. The topological polar surface area (TPSA) is 98.2 Å². The summed E-state index contributed by atoms with van der Waals surface area (Å²) in [6, 6.07) is 7.67. The number of hydrogen-bond acceptors (Lipinski definition) is 7. The summed E-state index contributed by atoms with van der Waals surface area (Å²) < 4.78 is 66.3. The third-order valence-corrected chi connectivity index (χ3v) is 12.2. The van der Waals surface area contributed by atoms with E-state index in [4.69, 9.17) is 9.05 Å². The highest BCUT2D eigenvalue weighted by Crippen LogP contribution is 2.71. The van der Waals surface area contributed by atoms with Gasteiger partial charge in [0, 0.05) is 35.5 Å². The van der Waals surface area contributed by atoms with Gasteiger partial charge in [0.15, 0.2) is 11.6 Å². The zero-order chi connectivity index (χ0) is 30.9. The van der Waals surface area contributed by atoms with E-state index in [1.54, 1.807) is 0 Å². The molecule has 0 spiro atoms. The molecule has 238 valence electrons. The molecule has 8 aliphatic carbocycles. The number of rotatable bonds is 9. The van der Waals surface area contributed by atoms with E-state index in [1.807, 2.05) is 29.2 Å². The van der Waals surface area contributed by atoms with Gasteiger partial charge in [-0.1, -0.05) is 16.4 Å². The Morgan fingerprint density at radius 1 is 0.911 bits per heavy atom. The van der Waals surface area contributed by atoms with Crippen LogP contribution in [0.2, 0.25) is 0 Å². The summed E-state index contributed by atoms with van der Waals surface area (Å²) >= 11 is 0. The van der Waals surface area contributed by atoms with Crippen LogP contribution in [0.1, 0.15) is 113 Å². The Morgan fingerprint density at radius 3 is 2.24 bits per heavy atom. The molecule has 0 N–H and O–H groups in total. The van der Waals surface area contributed by atoms with Gasteiger partial charge >= 0.3 is 6.18 Å². The summed E-state index contributed by atoms with van der Waals surface area (Å²) in [4.78, 5) is 24.9. The third kappa shape index (κ3) is 4.32. The van der Waals surface area contributed by atoms with Crippen molar-refractivity contribution >= 4 is 11.6 Å². The summed E-state index contributed by atoms with van der Waals surface area (Å²) in [5.41, 5.74) is -2.34. The van der Waals surface area contributed by atoms with Gasteiger partial charge in [0.25, 0.3) is 5.89 Å². The van der Waals surface area contributed by atoms with E-state index < -0.39 is 22.7 Å². The van der Waals surface area contributed by atoms with Gasteiger partial charge in [0.1, 0.15) is 11.1 Å². The number of halogens is 4. The van der Waals surface area contributed by atoms with Gasteiger partial charge in [-0.05, 0) is 112 Å². The molecular weight excluding hydrogens is 590 g/mol. The van der Waals surface area contributed by atoms with Gasteiger partial charge in [-0.15, -0.1) is 0 Å². The molecule has 0 radical (unpaired) electrons. The molecule has 8 saturated carbocycles. The number of carbonyl (C=O) groups is 1. The van der Waals surface area contributed by atoms with Crippen LogP contribution in [-0.4, -0.2) is 44.6 Å². The zero-order valence-electron chi connectivity index (χ0n) is 25.0. The minimum Gasteiger partial charge on any atom is -0.338 e. The monoisotopic (exact) mass is 625 g/mol. The number of benzene rings is 1. The first-order valence-electron chi connectivity index (χ1n) is 16.3. The molecule has 1 amide bonds. The highest BCUT2D eigenvalue weighted by atomic mass is 19.4. The van der Waals surface area contributed by atoms with E-state index in [9.17, 15) is 22.4 Å². The smallest absolute Gasteiger partial charge is 0.338 e. The Balaban J connectivity index is 0.963. The SMILES string of the molecule is O=C(CC12CC(F)(C1)C2)N(CC12CCC(c3noc(C4(C(F)(F)F)CC4)n3)(CC1)CC2)c1cccc(-c2nc(C3CC3)no2)c1. The predicted molar refractivity (Wildman–Crippen MR) is 152 cm³/mol. The largest absolute Gasteiger partial charge is 0.403 e. The second kappa shape index (κ2) is 8.94. The third-order valence-electron chi connectivity index (χ3n) is 12.2. The van der Waals surface area contributed by atoms with Crippen LogP contribution in [0.4, 0.5) is 23.2 Å². The van der Waals surface area contributed by atoms with Crippen LogP contribution in [0.15, 0.2) is 33.3 Å². The summed E-state index contributed by atoms with van der Waals surface area (Å²) in [6.07, 6.45) is 4.00.